The number of hydrogen-bond donors (Lipinski definition) is 1. The summed E-state index contributed by atoms with van der Waals surface area (Å²) < 4.78 is 5.12. The Bertz CT molecular complexity index is 915. The molecule has 3 rings (SSSR count). The van der Waals surface area contributed by atoms with Crippen molar-refractivity contribution in [1.29, 1.82) is 0 Å². The van der Waals surface area contributed by atoms with Crippen molar-refractivity contribution in [2.75, 3.05) is 29.9 Å². The van der Waals surface area contributed by atoms with Crippen molar-refractivity contribution in [3.05, 3.63) is 57.9 Å². The van der Waals surface area contributed by atoms with Crippen LogP contribution in [0.1, 0.15) is 12.8 Å². The summed E-state index contributed by atoms with van der Waals surface area (Å²) >= 11 is 5.87. The van der Waals surface area contributed by atoms with Gasteiger partial charge in [0.2, 0.25) is 0 Å². The molecular weight excluding hydrogens is 400 g/mol. The summed E-state index contributed by atoms with van der Waals surface area (Å²) in [5.41, 5.74) is 0.921. The number of carbonyl (C=O) groups is 2. The van der Waals surface area contributed by atoms with E-state index in [0.717, 1.165) is 0 Å². The fraction of sp³-hybridized carbons (Fsp3) is 0.316. The van der Waals surface area contributed by atoms with Gasteiger partial charge in [-0.25, -0.2) is 4.98 Å². The standard InChI is InChI=1S/C19H19ClN4O5/c20-18-14(4-3-9-21-18)22-17(25)12-29-19(26)13-7-10-23(11-8-13)15-5-1-2-6-16(15)24(27)28/h1-6,9,13H,7-8,10-12H2,(H,22,25). The molecule has 1 N–H and O–H groups in total. The molecule has 2 heterocycles. The third-order valence-corrected chi connectivity index (χ3v) is 4.93. The van der Waals surface area contributed by atoms with Gasteiger partial charge in [-0.2, -0.15) is 0 Å². The maximum absolute atomic E-state index is 12.3. The summed E-state index contributed by atoms with van der Waals surface area (Å²) in [4.78, 5) is 40.7. The molecule has 0 saturated carbocycles. The van der Waals surface area contributed by atoms with Gasteiger partial charge in [0.25, 0.3) is 11.6 Å². The van der Waals surface area contributed by atoms with Crippen molar-refractivity contribution in [3.63, 3.8) is 0 Å². The van der Waals surface area contributed by atoms with Crippen LogP contribution in [-0.4, -0.2) is 41.5 Å². The van der Waals surface area contributed by atoms with Crippen molar-refractivity contribution >= 4 is 40.5 Å². The number of nitrogens with one attached hydrogen (secondary N) is 1. The lowest BCUT2D eigenvalue weighted by Crippen LogP contribution is -2.37. The number of amides is 1. The molecule has 0 aliphatic carbocycles. The molecule has 2 aromatic rings. The maximum Gasteiger partial charge on any atom is 0.309 e. The lowest BCUT2D eigenvalue weighted by atomic mass is 9.96. The van der Waals surface area contributed by atoms with Gasteiger partial charge in [0.05, 0.1) is 16.5 Å². The quantitative estimate of drug-likeness (QED) is 0.332. The van der Waals surface area contributed by atoms with E-state index in [2.05, 4.69) is 10.3 Å². The second-order valence-electron chi connectivity index (χ2n) is 6.50. The van der Waals surface area contributed by atoms with Crippen LogP contribution in [0.15, 0.2) is 42.6 Å². The van der Waals surface area contributed by atoms with E-state index < -0.39 is 23.4 Å². The summed E-state index contributed by atoms with van der Waals surface area (Å²) in [6.45, 7) is 0.554. The van der Waals surface area contributed by atoms with Crippen LogP contribution in [0.2, 0.25) is 5.15 Å². The van der Waals surface area contributed by atoms with E-state index in [4.69, 9.17) is 16.3 Å². The van der Waals surface area contributed by atoms with E-state index in [1.807, 2.05) is 4.90 Å². The summed E-state index contributed by atoms with van der Waals surface area (Å²) in [5, 5.41) is 13.9. The normalized spacial score (nSPS) is 14.3. The highest BCUT2D eigenvalue weighted by Gasteiger charge is 2.29. The van der Waals surface area contributed by atoms with Gasteiger partial charge in [0.15, 0.2) is 11.8 Å². The topological polar surface area (TPSA) is 115 Å². The number of benzene rings is 1. The van der Waals surface area contributed by atoms with Crippen molar-refractivity contribution in [2.45, 2.75) is 12.8 Å². The summed E-state index contributed by atoms with van der Waals surface area (Å²) in [6, 6.07) is 9.74. The lowest BCUT2D eigenvalue weighted by molar-refractivity contribution is -0.384. The zero-order valence-electron chi connectivity index (χ0n) is 15.4. The molecule has 10 heteroatoms. The number of hydrogen-bond acceptors (Lipinski definition) is 7. The van der Waals surface area contributed by atoms with Gasteiger partial charge in [-0.05, 0) is 31.0 Å². The third-order valence-electron chi connectivity index (χ3n) is 4.63. The van der Waals surface area contributed by atoms with E-state index in [0.29, 0.717) is 37.3 Å². The number of aromatic nitrogens is 1. The number of rotatable bonds is 6. The first kappa shape index (κ1) is 20.5. The van der Waals surface area contributed by atoms with Crippen molar-refractivity contribution in [2.24, 2.45) is 5.92 Å². The fourth-order valence-electron chi connectivity index (χ4n) is 3.16. The Kier molecular flexibility index (Phi) is 6.61. The summed E-state index contributed by atoms with van der Waals surface area (Å²) in [7, 11) is 0. The number of nitro groups is 1. The van der Waals surface area contributed by atoms with Gasteiger partial charge in [-0.15, -0.1) is 0 Å². The number of nitro benzene ring substituents is 1. The second-order valence-corrected chi connectivity index (χ2v) is 6.86. The van der Waals surface area contributed by atoms with Gasteiger partial charge < -0.3 is 15.0 Å². The first-order valence-corrected chi connectivity index (χ1v) is 9.39. The average molecular weight is 419 g/mol. The molecular formula is C19H19ClN4O5. The number of nitrogens with zero attached hydrogens (tertiary/aromatic N) is 3. The number of piperidine rings is 1. The average Bonchev–Trinajstić information content (AvgIpc) is 2.74. The van der Waals surface area contributed by atoms with Crippen LogP contribution < -0.4 is 10.2 Å². The molecule has 29 heavy (non-hydrogen) atoms. The predicted octanol–water partition coefficient (Wildman–Crippen LogP) is 3.04. The molecule has 1 aromatic heterocycles. The van der Waals surface area contributed by atoms with E-state index in [1.165, 1.54) is 12.3 Å². The van der Waals surface area contributed by atoms with Gasteiger partial charge in [0, 0.05) is 25.4 Å². The Morgan fingerprint density at radius 2 is 1.97 bits per heavy atom. The Morgan fingerprint density at radius 3 is 2.66 bits per heavy atom. The number of anilines is 2. The number of esters is 1. The first-order valence-electron chi connectivity index (χ1n) is 9.01. The molecule has 152 valence electrons. The van der Waals surface area contributed by atoms with E-state index in [9.17, 15) is 19.7 Å². The first-order chi connectivity index (χ1) is 14.0. The SMILES string of the molecule is O=C(COC(=O)C1CCN(c2ccccc2[N+](=O)[O-])CC1)Nc1cccnc1Cl. The van der Waals surface area contributed by atoms with Crippen molar-refractivity contribution in [1.82, 2.24) is 4.98 Å². The summed E-state index contributed by atoms with van der Waals surface area (Å²) in [6.07, 6.45) is 2.47. The van der Waals surface area contributed by atoms with E-state index in [-0.39, 0.29) is 16.8 Å². The zero-order valence-corrected chi connectivity index (χ0v) is 16.2. The van der Waals surface area contributed by atoms with Gasteiger partial charge in [0.1, 0.15) is 5.69 Å². The summed E-state index contributed by atoms with van der Waals surface area (Å²) in [5.74, 6) is -1.32. The van der Waals surface area contributed by atoms with Crippen LogP contribution in [-0.2, 0) is 14.3 Å². The number of para-hydroxylation sites is 2. The Hall–Kier alpha value is -3.20. The molecule has 0 unspecified atom stereocenters. The molecule has 9 nitrogen and oxygen atoms in total. The molecule has 0 bridgehead atoms. The highest BCUT2D eigenvalue weighted by molar-refractivity contribution is 6.32. The molecule has 1 aliphatic heterocycles. The molecule has 1 amide bonds. The fourth-order valence-corrected chi connectivity index (χ4v) is 3.33. The largest absolute Gasteiger partial charge is 0.455 e. The smallest absolute Gasteiger partial charge is 0.309 e. The minimum Gasteiger partial charge on any atom is -0.455 e. The highest BCUT2D eigenvalue weighted by Crippen LogP contribution is 2.31. The number of halogens is 1. The zero-order chi connectivity index (χ0) is 20.8. The molecule has 1 saturated heterocycles. The van der Waals surface area contributed by atoms with Gasteiger partial charge in [-0.3, -0.25) is 19.7 Å². The maximum atomic E-state index is 12.3. The minimum absolute atomic E-state index is 0.0410. The molecule has 1 aromatic carbocycles. The Labute approximate surface area is 171 Å². The van der Waals surface area contributed by atoms with Gasteiger partial charge >= 0.3 is 5.97 Å². The number of pyridine rings is 1. The Morgan fingerprint density at radius 1 is 1.24 bits per heavy atom. The second kappa shape index (κ2) is 9.33. The van der Waals surface area contributed by atoms with Crippen LogP contribution in [0, 0.1) is 16.0 Å². The van der Waals surface area contributed by atoms with Crippen molar-refractivity contribution < 1.29 is 19.2 Å². The number of carbonyl (C=O) groups excluding carboxylic acids is 2. The van der Waals surface area contributed by atoms with Crippen LogP contribution in [0.3, 0.4) is 0 Å². The lowest BCUT2D eigenvalue weighted by Gasteiger charge is -2.32. The molecule has 0 radical (unpaired) electrons. The van der Waals surface area contributed by atoms with Crippen molar-refractivity contribution in [3.8, 4) is 0 Å². The Balaban J connectivity index is 1.49. The molecule has 1 aliphatic rings. The van der Waals surface area contributed by atoms with Crippen LogP contribution in [0.4, 0.5) is 17.1 Å². The molecule has 0 atom stereocenters. The van der Waals surface area contributed by atoms with Crippen LogP contribution in [0.5, 0.6) is 0 Å². The van der Waals surface area contributed by atoms with E-state index in [1.54, 1.807) is 30.3 Å². The minimum atomic E-state index is -0.509. The monoisotopic (exact) mass is 418 g/mol. The third kappa shape index (κ3) is 5.20. The van der Waals surface area contributed by atoms with E-state index >= 15 is 0 Å². The number of ether oxygens (including phenoxy) is 1. The predicted molar refractivity (Wildman–Crippen MR) is 107 cm³/mol. The van der Waals surface area contributed by atoms with Crippen LogP contribution in [0.25, 0.3) is 0 Å². The van der Waals surface area contributed by atoms with Gasteiger partial charge in [-0.1, -0.05) is 23.7 Å². The highest BCUT2D eigenvalue weighted by atomic mass is 35.5. The molecule has 1 fully saturated rings. The van der Waals surface area contributed by atoms with Crippen LogP contribution >= 0.6 is 11.6 Å². The molecule has 0 spiro atoms.